The minimum absolute atomic E-state index is 0.0802. The number of carbonyl (C=O) groups is 1. The van der Waals surface area contributed by atoms with Gasteiger partial charge < -0.3 is 15.1 Å². The fraction of sp³-hybridized carbons (Fsp3) is 0.375. The lowest BCUT2D eigenvalue weighted by atomic mass is 10.2. The van der Waals surface area contributed by atoms with Crippen LogP contribution in [0.5, 0.6) is 5.75 Å². The molecule has 128 valence electrons. The quantitative estimate of drug-likeness (QED) is 0.795. The van der Waals surface area contributed by atoms with Crippen molar-refractivity contribution in [3.63, 3.8) is 0 Å². The minimum atomic E-state index is -0.476. The van der Waals surface area contributed by atoms with Crippen LogP contribution >= 0.6 is 11.8 Å². The molecule has 24 heavy (non-hydrogen) atoms. The van der Waals surface area contributed by atoms with Crippen LogP contribution in [0.15, 0.2) is 28.1 Å². The Balaban J connectivity index is 1.68. The number of halogens is 1. The van der Waals surface area contributed by atoms with Gasteiger partial charge in [-0.2, -0.15) is 4.99 Å². The van der Waals surface area contributed by atoms with Gasteiger partial charge in [-0.05, 0) is 36.0 Å². The molecule has 0 radical (unpaired) electrons. The molecule has 0 atom stereocenters. The molecular formula is C16H18FN3O3S. The Morgan fingerprint density at radius 2 is 2.04 bits per heavy atom. The number of benzene rings is 1. The summed E-state index contributed by atoms with van der Waals surface area (Å²) in [6.45, 7) is 3.86. The van der Waals surface area contributed by atoms with Crippen LogP contribution in [0.2, 0.25) is 0 Å². The first kappa shape index (κ1) is 16.9. The highest BCUT2D eigenvalue weighted by Crippen LogP contribution is 2.32. The van der Waals surface area contributed by atoms with Gasteiger partial charge in [0.05, 0.1) is 11.5 Å². The maximum absolute atomic E-state index is 13.3. The van der Waals surface area contributed by atoms with E-state index in [1.807, 2.05) is 4.90 Å². The van der Waals surface area contributed by atoms with Crippen LogP contribution in [-0.4, -0.2) is 70.4 Å². The number of carbonyl (C=O) groups excluding carboxylic acids is 1. The van der Waals surface area contributed by atoms with E-state index < -0.39 is 5.82 Å². The molecular weight excluding hydrogens is 333 g/mol. The van der Waals surface area contributed by atoms with E-state index in [2.05, 4.69) is 9.89 Å². The van der Waals surface area contributed by atoms with Crippen molar-refractivity contribution in [3.8, 4) is 5.75 Å². The lowest BCUT2D eigenvalue weighted by Gasteiger charge is -2.34. The third kappa shape index (κ3) is 3.77. The zero-order valence-electron chi connectivity index (χ0n) is 13.0. The van der Waals surface area contributed by atoms with E-state index in [0.29, 0.717) is 16.6 Å². The van der Waals surface area contributed by atoms with Crippen molar-refractivity contribution in [2.24, 2.45) is 4.99 Å². The number of rotatable bonds is 3. The SMILES string of the molecule is O=C1N=C(N2CCN(CCO)CC2)S/C1=C\c1cc(F)ccc1O. The van der Waals surface area contributed by atoms with Gasteiger partial charge in [-0.25, -0.2) is 4.39 Å². The Morgan fingerprint density at radius 1 is 1.29 bits per heavy atom. The molecule has 1 aromatic carbocycles. The highest BCUT2D eigenvalue weighted by Gasteiger charge is 2.28. The molecule has 1 aromatic rings. The van der Waals surface area contributed by atoms with Crippen molar-refractivity contribution < 1.29 is 19.4 Å². The van der Waals surface area contributed by atoms with E-state index in [1.165, 1.54) is 30.0 Å². The molecule has 6 nitrogen and oxygen atoms in total. The van der Waals surface area contributed by atoms with Gasteiger partial charge in [0.1, 0.15) is 11.6 Å². The van der Waals surface area contributed by atoms with E-state index in [9.17, 15) is 14.3 Å². The number of aliphatic imine (C=N–C) groups is 1. The van der Waals surface area contributed by atoms with Crippen LogP contribution in [-0.2, 0) is 4.79 Å². The van der Waals surface area contributed by atoms with E-state index in [4.69, 9.17) is 5.11 Å². The second-order valence-corrected chi connectivity index (χ2v) is 6.57. The predicted octanol–water partition coefficient (Wildman–Crippen LogP) is 1.11. The Hall–Kier alpha value is -1.90. The molecule has 0 unspecified atom stereocenters. The summed E-state index contributed by atoms with van der Waals surface area (Å²) >= 11 is 1.24. The van der Waals surface area contributed by atoms with E-state index in [0.717, 1.165) is 32.2 Å². The molecule has 1 amide bonds. The standard InChI is InChI=1S/C16H18FN3O3S/c17-12-1-2-13(22)11(9-12)10-14-15(23)18-16(24-14)20-5-3-19(4-6-20)7-8-21/h1-2,9-10,21-22H,3-8H2/b14-10-. The highest BCUT2D eigenvalue weighted by atomic mass is 32.2. The fourth-order valence-electron chi connectivity index (χ4n) is 2.62. The number of thioether (sulfide) groups is 1. The van der Waals surface area contributed by atoms with Gasteiger partial charge in [-0.1, -0.05) is 0 Å². The first-order chi connectivity index (χ1) is 11.6. The Labute approximate surface area is 143 Å². The van der Waals surface area contributed by atoms with Crippen molar-refractivity contribution in [1.82, 2.24) is 9.80 Å². The van der Waals surface area contributed by atoms with Crippen molar-refractivity contribution in [1.29, 1.82) is 0 Å². The third-order valence-electron chi connectivity index (χ3n) is 3.94. The maximum atomic E-state index is 13.3. The van der Waals surface area contributed by atoms with Gasteiger partial charge in [0, 0.05) is 38.3 Å². The normalized spacial score (nSPS) is 20.8. The molecule has 0 saturated carbocycles. The third-order valence-corrected chi connectivity index (χ3v) is 4.99. The molecule has 0 spiro atoms. The highest BCUT2D eigenvalue weighted by molar-refractivity contribution is 8.18. The van der Waals surface area contributed by atoms with Crippen molar-refractivity contribution in [3.05, 3.63) is 34.5 Å². The first-order valence-corrected chi connectivity index (χ1v) is 8.48. The Bertz CT molecular complexity index is 700. The molecule has 3 rings (SSSR count). The van der Waals surface area contributed by atoms with Gasteiger partial charge in [-0.3, -0.25) is 9.69 Å². The number of amides is 1. The zero-order chi connectivity index (χ0) is 17.1. The molecule has 0 aliphatic carbocycles. The molecule has 0 bridgehead atoms. The van der Waals surface area contributed by atoms with Crippen molar-refractivity contribution in [2.75, 3.05) is 39.3 Å². The number of aliphatic hydroxyl groups excluding tert-OH is 1. The number of β-amino-alcohol motifs (C(OH)–C–C–N with tert-alkyl or cyclic N) is 1. The second-order valence-electron chi connectivity index (χ2n) is 5.57. The van der Waals surface area contributed by atoms with Crippen molar-refractivity contribution >= 4 is 28.9 Å². The van der Waals surface area contributed by atoms with Gasteiger partial charge in [0.2, 0.25) is 0 Å². The molecule has 1 fully saturated rings. The molecule has 1 saturated heterocycles. The number of nitrogens with zero attached hydrogens (tertiary/aromatic N) is 3. The van der Waals surface area contributed by atoms with Gasteiger partial charge in [0.15, 0.2) is 5.17 Å². The predicted molar refractivity (Wildman–Crippen MR) is 91.2 cm³/mol. The smallest absolute Gasteiger partial charge is 0.286 e. The number of aromatic hydroxyl groups is 1. The average molecular weight is 351 g/mol. The fourth-order valence-corrected chi connectivity index (χ4v) is 3.58. The number of phenolic OH excluding ortho intramolecular Hbond substituents is 1. The van der Waals surface area contributed by atoms with Gasteiger partial charge in [0.25, 0.3) is 5.91 Å². The molecule has 2 N–H and O–H groups in total. The summed E-state index contributed by atoms with van der Waals surface area (Å²) < 4.78 is 13.3. The average Bonchev–Trinajstić information content (AvgIpc) is 2.93. The van der Waals surface area contributed by atoms with E-state index in [1.54, 1.807) is 0 Å². The summed E-state index contributed by atoms with van der Waals surface area (Å²) in [5.41, 5.74) is 0.259. The van der Waals surface area contributed by atoms with Gasteiger partial charge >= 0.3 is 0 Å². The summed E-state index contributed by atoms with van der Waals surface area (Å²) in [5, 5.41) is 19.4. The molecule has 8 heteroatoms. The number of phenols is 1. The summed E-state index contributed by atoms with van der Waals surface area (Å²) in [6, 6.07) is 3.60. The number of amidine groups is 1. The topological polar surface area (TPSA) is 76.4 Å². The summed E-state index contributed by atoms with van der Waals surface area (Å²) in [5.74, 6) is -0.934. The number of piperazine rings is 1. The second kappa shape index (κ2) is 7.33. The summed E-state index contributed by atoms with van der Waals surface area (Å²) in [6.07, 6.45) is 1.46. The molecule has 2 aliphatic heterocycles. The lowest BCUT2D eigenvalue weighted by Crippen LogP contribution is -2.48. The number of hydrogen-bond donors (Lipinski definition) is 2. The van der Waals surface area contributed by atoms with Gasteiger partial charge in [-0.15, -0.1) is 0 Å². The van der Waals surface area contributed by atoms with Crippen LogP contribution in [0.25, 0.3) is 6.08 Å². The van der Waals surface area contributed by atoms with Crippen LogP contribution in [0, 0.1) is 5.82 Å². The molecule has 2 aliphatic rings. The molecule has 2 heterocycles. The van der Waals surface area contributed by atoms with E-state index >= 15 is 0 Å². The monoisotopic (exact) mass is 351 g/mol. The molecule has 0 aromatic heterocycles. The maximum Gasteiger partial charge on any atom is 0.286 e. The Kier molecular flexibility index (Phi) is 5.17. The summed E-state index contributed by atoms with van der Waals surface area (Å²) in [7, 11) is 0. The first-order valence-electron chi connectivity index (χ1n) is 7.66. The van der Waals surface area contributed by atoms with Crippen LogP contribution in [0.1, 0.15) is 5.56 Å². The van der Waals surface area contributed by atoms with E-state index in [-0.39, 0.29) is 23.8 Å². The van der Waals surface area contributed by atoms with Crippen LogP contribution in [0.4, 0.5) is 4.39 Å². The largest absolute Gasteiger partial charge is 0.507 e. The van der Waals surface area contributed by atoms with Crippen LogP contribution in [0.3, 0.4) is 0 Å². The lowest BCUT2D eigenvalue weighted by molar-refractivity contribution is -0.113. The Morgan fingerprint density at radius 3 is 2.75 bits per heavy atom. The number of hydrogen-bond acceptors (Lipinski definition) is 6. The zero-order valence-corrected chi connectivity index (χ0v) is 13.8. The van der Waals surface area contributed by atoms with Crippen molar-refractivity contribution in [2.45, 2.75) is 0 Å². The van der Waals surface area contributed by atoms with Crippen LogP contribution < -0.4 is 0 Å². The number of aliphatic hydroxyl groups is 1. The summed E-state index contributed by atoms with van der Waals surface area (Å²) in [4.78, 5) is 20.7. The minimum Gasteiger partial charge on any atom is -0.507 e.